The van der Waals surface area contributed by atoms with Crippen LogP contribution in [0.5, 0.6) is 0 Å². The van der Waals surface area contributed by atoms with Crippen molar-refractivity contribution in [3.63, 3.8) is 0 Å². The van der Waals surface area contributed by atoms with E-state index in [4.69, 9.17) is 53.1 Å². The molecule has 538 valence electrons. The maximum absolute atomic E-state index is 12.8. The van der Waals surface area contributed by atoms with E-state index in [9.17, 15) is 38.4 Å². The summed E-state index contributed by atoms with van der Waals surface area (Å²) in [5.74, 6) is -2.75. The Labute approximate surface area is 557 Å². The number of carbonyl (C=O) groups excluding carboxylic acids is 12. The van der Waals surface area contributed by atoms with E-state index >= 15 is 0 Å². The van der Waals surface area contributed by atoms with E-state index in [2.05, 4.69) is 78.6 Å². The average molecular weight is 1340 g/mol. The lowest BCUT2D eigenvalue weighted by atomic mass is 9.83. The van der Waals surface area contributed by atoms with Crippen molar-refractivity contribution in [3.8, 4) is 0 Å². The van der Waals surface area contributed by atoms with Gasteiger partial charge in [0.1, 0.15) is 45.7 Å². The second kappa shape index (κ2) is 49.3. The molecule has 0 saturated carbocycles. The van der Waals surface area contributed by atoms with E-state index in [0.717, 1.165) is 38.5 Å². The van der Waals surface area contributed by atoms with Crippen molar-refractivity contribution >= 4 is 60.2 Å². The number of rotatable bonds is 25. The van der Waals surface area contributed by atoms with Crippen LogP contribution in [0.4, 0.5) is 9.59 Å². The molecule has 92 heavy (non-hydrogen) atoms. The highest BCUT2D eigenvalue weighted by molar-refractivity contribution is 5.85. The fourth-order valence-electron chi connectivity index (χ4n) is 7.07. The molecule has 0 aromatic rings. The molecule has 7 N–H and O–H groups in total. The Balaban J connectivity index is -0.000000226. The van der Waals surface area contributed by atoms with Crippen molar-refractivity contribution in [1.82, 2.24) is 21.3 Å². The van der Waals surface area contributed by atoms with Gasteiger partial charge in [0.2, 0.25) is 0 Å². The molecule has 0 aliphatic carbocycles. The van der Waals surface area contributed by atoms with Gasteiger partial charge in [0, 0.05) is 42.8 Å². The molecule has 26 nitrogen and oxygen atoms in total. The summed E-state index contributed by atoms with van der Waals surface area (Å²) in [6.07, 6.45) is 8.65. The molecule has 0 unspecified atom stereocenters. The topological polar surface area (TPSA) is 385 Å². The molecule has 0 aromatic carbocycles. The lowest BCUT2D eigenvalue weighted by Crippen LogP contribution is -3.00. The predicted molar refractivity (Wildman–Crippen MR) is 345 cm³/mol. The molecule has 4 amide bonds. The largest absolute Gasteiger partial charge is 1.00 e. The predicted octanol–water partition coefficient (Wildman–Crippen LogP) is 8.44. The number of hydrogen-bond donors (Lipinski definition) is 5. The molecule has 5 atom stereocenters. The summed E-state index contributed by atoms with van der Waals surface area (Å²) in [5, 5.41) is 14.9. The van der Waals surface area contributed by atoms with Crippen molar-refractivity contribution in [2.45, 2.75) is 341 Å². The van der Waals surface area contributed by atoms with Gasteiger partial charge in [-0.05, 0) is 173 Å². The van der Waals surface area contributed by atoms with Gasteiger partial charge >= 0.3 is 60.2 Å². The van der Waals surface area contributed by atoms with Crippen LogP contribution in [0.3, 0.4) is 0 Å². The highest BCUT2D eigenvalue weighted by atomic mass is 35.5. The Kier molecular flexibility index (Phi) is 53.2. The van der Waals surface area contributed by atoms with E-state index in [0.29, 0.717) is 19.4 Å². The summed E-state index contributed by atoms with van der Waals surface area (Å²) in [5.41, 5.74) is 8.03. The molecule has 27 heteroatoms. The number of amides is 4. The van der Waals surface area contributed by atoms with Crippen LogP contribution in [0.2, 0.25) is 0 Å². The Morgan fingerprint density at radius 1 is 0.424 bits per heavy atom. The second-order valence-corrected chi connectivity index (χ2v) is 29.7. The maximum Gasteiger partial charge on any atom is 0.373 e. The summed E-state index contributed by atoms with van der Waals surface area (Å²) in [4.78, 5) is 133. The van der Waals surface area contributed by atoms with Crippen LogP contribution < -0.4 is 39.4 Å². The summed E-state index contributed by atoms with van der Waals surface area (Å²) in [7, 11) is 0. The van der Waals surface area contributed by atoms with Crippen molar-refractivity contribution < 1.29 is 104 Å². The van der Waals surface area contributed by atoms with Gasteiger partial charge in [-0.15, -0.1) is 0 Å². The van der Waals surface area contributed by atoms with Crippen LogP contribution >= 0.6 is 0 Å². The van der Waals surface area contributed by atoms with Crippen molar-refractivity contribution in [1.29, 1.82) is 0 Å². The number of ether oxygens (including phenoxy) is 6. The van der Waals surface area contributed by atoms with Gasteiger partial charge in [0.05, 0.1) is 6.42 Å². The Bertz CT molecular complexity index is 2230. The van der Waals surface area contributed by atoms with Gasteiger partial charge in [0.25, 0.3) is 0 Å². The number of carbonyl (C=O) groups is 8. The van der Waals surface area contributed by atoms with Gasteiger partial charge in [0.15, 0.2) is 6.04 Å². The number of hydrogen-bond acceptors (Lipinski definition) is 19. The monoisotopic (exact) mass is 1340 g/mol. The van der Waals surface area contributed by atoms with Crippen molar-refractivity contribution in [2.75, 3.05) is 6.54 Å². The Hall–Kier alpha value is -6.32. The molecular formula is C65H123ClN8O18. The number of unbranched alkanes of at least 4 members (excludes halogenated alkanes) is 3. The maximum atomic E-state index is 12.8. The summed E-state index contributed by atoms with van der Waals surface area (Å²) >= 11 is 0. The number of nitrogens with zero attached hydrogens (tertiary/aromatic N) is 3. The molecule has 0 aliphatic rings. The van der Waals surface area contributed by atoms with E-state index in [1.54, 1.807) is 125 Å². The van der Waals surface area contributed by atoms with E-state index in [1.165, 1.54) is 6.42 Å². The van der Waals surface area contributed by atoms with Crippen LogP contribution in [0.1, 0.15) is 277 Å². The molecule has 0 aliphatic heterocycles. The van der Waals surface area contributed by atoms with Gasteiger partial charge in [-0.2, -0.15) is 19.2 Å². The molecule has 0 heterocycles. The van der Waals surface area contributed by atoms with Crippen LogP contribution in [-0.4, -0.2) is 131 Å². The fourth-order valence-corrected chi connectivity index (χ4v) is 7.07. The average Bonchev–Trinajstić information content (AvgIpc) is 1.22. The molecule has 0 bridgehead atoms. The standard InChI is InChI=1S/C24H46N2O5.C23H43N5O5.C13H25NO4.C3H8.2CO2.ClH/c1-11-12-13-14-18(22(2,3)4)26-21(29)25-17(20(28)31-24(8,9)10)15-16-19(27)30-23(5,6)7;1-21(2,3)17(12-10-11-15-25-28-24)27-20(31)26-16(19(30)33-23(7,8)9)13-14-18(29)32-22(4,5)6;1-12(2,3)17-10(15)8-7-9(14)11(16)18-13(4,5)6;1-3-2;2*2-1-3;/h17-18H,11-16H2,1-10H3,(H2,25,26,29);16-17H,10-15H2,1-9H3,(H2,26,27,31);9H,7-8,14H2,1-6H3;3H2,1-2H3;;;1H/t17-,18-;16-,17-;9-;;;;/m000..../s1. The van der Waals surface area contributed by atoms with Crippen molar-refractivity contribution in [3.05, 3.63) is 10.4 Å². The zero-order chi connectivity index (χ0) is 73.0. The molecule has 0 rings (SSSR count). The van der Waals surface area contributed by atoms with E-state index < -0.39 is 87.7 Å². The second-order valence-electron chi connectivity index (χ2n) is 29.7. The minimum absolute atomic E-state index is 0. The normalized spacial score (nSPS) is 12.9. The third kappa shape index (κ3) is 69.6. The highest BCUT2D eigenvalue weighted by Crippen LogP contribution is 2.26. The minimum atomic E-state index is -0.998. The summed E-state index contributed by atoms with van der Waals surface area (Å²) < 4.78 is 31.8. The van der Waals surface area contributed by atoms with Crippen molar-refractivity contribution in [2.24, 2.45) is 15.9 Å². The third-order valence-corrected chi connectivity index (χ3v) is 10.8. The van der Waals surface area contributed by atoms with Crippen LogP contribution in [0, 0.1) is 10.8 Å². The summed E-state index contributed by atoms with van der Waals surface area (Å²) in [6, 6.07) is -3.64. The Morgan fingerprint density at radius 2 is 0.685 bits per heavy atom. The SMILES string of the molecule is CC(C)(C)OC(=O)CC[C@H](NC(=O)N[C@@H](CCCCN=[N+]=[N-])C(C)(C)C)C(=O)OC(C)(C)C.CC(C)(C)OC(=O)CC[C@H]([NH3+])C(=O)OC(C)(C)C.CCC.CCCCC[C@H](NC(=O)N[C@@H](CCC(=O)OC(C)(C)C)C(=O)OC(C)(C)C)C(C)(C)C.O=C=O.O=C=O.[Cl-]. The molecule has 0 fully saturated rings. The quantitative estimate of drug-likeness (QED) is 0.0143. The smallest absolute Gasteiger partial charge is 0.373 e. The number of halogens is 1. The lowest BCUT2D eigenvalue weighted by Gasteiger charge is -2.32. The van der Waals surface area contributed by atoms with E-state index in [-0.39, 0.29) is 91.7 Å². The van der Waals surface area contributed by atoms with Gasteiger partial charge in [-0.1, -0.05) is 99.5 Å². The molecule has 0 spiro atoms. The first-order chi connectivity index (χ1) is 41.0. The first kappa shape index (κ1) is 99.2. The van der Waals surface area contributed by atoms with Crippen LogP contribution in [-0.2, 0) is 76.4 Å². The van der Waals surface area contributed by atoms with Crippen LogP contribution in [0.15, 0.2) is 5.11 Å². The number of esters is 6. The summed E-state index contributed by atoms with van der Waals surface area (Å²) in [6.45, 7) is 51.0. The lowest BCUT2D eigenvalue weighted by molar-refractivity contribution is -0.410. The van der Waals surface area contributed by atoms with Crippen LogP contribution in [0.25, 0.3) is 10.4 Å². The number of urea groups is 2. The zero-order valence-electron chi connectivity index (χ0n) is 61.3. The van der Waals surface area contributed by atoms with E-state index in [1.807, 2.05) is 20.8 Å². The van der Waals surface area contributed by atoms with Gasteiger partial charge in [-0.25, -0.2) is 24.0 Å². The highest BCUT2D eigenvalue weighted by Gasteiger charge is 2.34. The van der Waals surface area contributed by atoms with Gasteiger partial charge < -0.3 is 67.8 Å². The molecule has 0 saturated heterocycles. The number of nitrogens with one attached hydrogen (secondary N) is 4. The third-order valence-electron chi connectivity index (χ3n) is 10.8. The fraction of sp³-hybridized carbons (Fsp3) is 0.846. The molecule has 0 aromatic heterocycles. The molecular weight excluding hydrogens is 1220 g/mol. The first-order valence-corrected chi connectivity index (χ1v) is 31.3. The Morgan fingerprint density at radius 3 is 0.935 bits per heavy atom. The first-order valence-electron chi connectivity index (χ1n) is 31.3. The zero-order valence-corrected chi connectivity index (χ0v) is 62.0. The number of quaternary nitrogens is 1. The van der Waals surface area contributed by atoms with Gasteiger partial charge in [-0.3, -0.25) is 14.4 Å². The molecule has 0 radical (unpaired) electrons. The minimum Gasteiger partial charge on any atom is -1.00 e. The number of azide groups is 1.